The third kappa shape index (κ3) is 4.35. The molecule has 0 aromatic heterocycles. The Balaban J connectivity index is 1.50. The number of nitrogens with zero attached hydrogens (tertiary/aromatic N) is 3. The molecule has 2 saturated heterocycles. The fourth-order valence-electron chi connectivity index (χ4n) is 5.06. The Bertz CT molecular complexity index is 833. The van der Waals surface area contributed by atoms with Crippen LogP contribution in [0, 0.1) is 0 Å². The third-order valence-corrected chi connectivity index (χ3v) is 7.12. The van der Waals surface area contributed by atoms with Gasteiger partial charge in [0.05, 0.1) is 25.2 Å². The first-order valence-electron chi connectivity index (χ1n) is 11.3. The first-order chi connectivity index (χ1) is 14.8. The maximum Gasteiger partial charge on any atom is 0.241 e. The van der Waals surface area contributed by atoms with E-state index in [-0.39, 0.29) is 11.9 Å². The number of rotatable bonds is 5. The van der Waals surface area contributed by atoms with Gasteiger partial charge in [0.15, 0.2) is 0 Å². The summed E-state index contributed by atoms with van der Waals surface area (Å²) in [5.41, 5.74) is 6.52. The number of carbonyl (C=O) groups excluding carboxylic acids is 2. The number of primary amides is 1. The van der Waals surface area contributed by atoms with Crippen LogP contribution in [0.3, 0.4) is 0 Å². The summed E-state index contributed by atoms with van der Waals surface area (Å²) in [5.74, 6) is -0.378. The molecule has 3 aliphatic rings. The SMILES string of the molecule is C[C@@H]1CN(CC(=O)N2CC(C)(C(N)=O)c3ccccc32)[C@@H](CN2CCOC[C@H]2C)CN1. The molecule has 4 atom stereocenters. The summed E-state index contributed by atoms with van der Waals surface area (Å²) >= 11 is 0. The van der Waals surface area contributed by atoms with Crippen molar-refractivity contribution in [2.75, 3.05) is 57.4 Å². The summed E-state index contributed by atoms with van der Waals surface area (Å²) < 4.78 is 5.58. The Morgan fingerprint density at radius 3 is 2.77 bits per heavy atom. The van der Waals surface area contributed by atoms with Gasteiger partial charge in [0.1, 0.15) is 0 Å². The van der Waals surface area contributed by atoms with E-state index in [1.54, 1.807) is 4.90 Å². The van der Waals surface area contributed by atoms with E-state index in [4.69, 9.17) is 10.5 Å². The summed E-state index contributed by atoms with van der Waals surface area (Å²) in [4.78, 5) is 32.2. The van der Waals surface area contributed by atoms with Crippen molar-refractivity contribution in [2.24, 2.45) is 5.73 Å². The maximum atomic E-state index is 13.5. The van der Waals surface area contributed by atoms with Crippen LogP contribution in [0.4, 0.5) is 5.69 Å². The van der Waals surface area contributed by atoms with Crippen LogP contribution in [-0.4, -0.2) is 92.2 Å². The average Bonchev–Trinajstić information content (AvgIpc) is 3.06. The van der Waals surface area contributed by atoms with E-state index in [0.29, 0.717) is 25.2 Å². The number of fused-ring (bicyclic) bond motifs is 1. The smallest absolute Gasteiger partial charge is 0.241 e. The standard InChI is InChI=1S/C23H35N5O3/c1-16-11-27(18(10-25-16)12-26-8-9-31-14-17(26)2)13-21(29)28-15-23(3,22(24)30)19-6-4-5-7-20(19)28/h4-7,16-18,25H,8-15H2,1-3H3,(H2,24,30)/t16-,17-,18-,23?/m1/s1. The number of nitrogens with one attached hydrogen (secondary N) is 1. The first-order valence-corrected chi connectivity index (χ1v) is 11.3. The summed E-state index contributed by atoms with van der Waals surface area (Å²) in [6.07, 6.45) is 0. The van der Waals surface area contributed by atoms with E-state index in [0.717, 1.165) is 50.6 Å². The molecule has 0 spiro atoms. The molecule has 3 aliphatic heterocycles. The van der Waals surface area contributed by atoms with Crippen molar-refractivity contribution in [1.29, 1.82) is 0 Å². The molecule has 1 aromatic rings. The Kier molecular flexibility index (Phi) is 6.35. The van der Waals surface area contributed by atoms with Gasteiger partial charge in [0, 0.05) is 56.5 Å². The van der Waals surface area contributed by atoms with Gasteiger partial charge in [-0.05, 0) is 32.4 Å². The topological polar surface area (TPSA) is 91.1 Å². The number of hydrogen-bond acceptors (Lipinski definition) is 6. The second-order valence-electron chi connectivity index (χ2n) is 9.50. The van der Waals surface area contributed by atoms with Crippen molar-refractivity contribution in [2.45, 2.75) is 44.3 Å². The van der Waals surface area contributed by atoms with E-state index in [1.807, 2.05) is 31.2 Å². The molecule has 2 amide bonds. The van der Waals surface area contributed by atoms with Crippen LogP contribution in [-0.2, 0) is 19.7 Å². The molecule has 8 nitrogen and oxygen atoms in total. The Labute approximate surface area is 184 Å². The maximum absolute atomic E-state index is 13.5. The summed E-state index contributed by atoms with van der Waals surface area (Å²) in [6, 6.07) is 8.58. The van der Waals surface area contributed by atoms with Gasteiger partial charge in [0.25, 0.3) is 0 Å². The predicted molar refractivity (Wildman–Crippen MR) is 120 cm³/mol. The minimum absolute atomic E-state index is 0.0200. The van der Waals surface area contributed by atoms with Crippen LogP contribution < -0.4 is 16.0 Å². The molecule has 3 N–H and O–H groups in total. The number of piperazine rings is 1. The van der Waals surface area contributed by atoms with Gasteiger partial charge in [-0.3, -0.25) is 19.4 Å². The quantitative estimate of drug-likeness (QED) is 0.693. The summed E-state index contributed by atoms with van der Waals surface area (Å²) in [6.45, 7) is 11.8. The first kappa shape index (κ1) is 22.2. The molecule has 2 fully saturated rings. The Hall–Kier alpha value is -2.00. The second-order valence-corrected chi connectivity index (χ2v) is 9.50. The van der Waals surface area contributed by atoms with Gasteiger partial charge in [-0.2, -0.15) is 0 Å². The lowest BCUT2D eigenvalue weighted by atomic mass is 9.84. The van der Waals surface area contributed by atoms with Crippen LogP contribution in [0.2, 0.25) is 0 Å². The highest BCUT2D eigenvalue weighted by molar-refractivity contribution is 6.02. The van der Waals surface area contributed by atoms with Gasteiger partial charge >= 0.3 is 0 Å². The zero-order valence-corrected chi connectivity index (χ0v) is 18.8. The fraction of sp³-hybridized carbons (Fsp3) is 0.652. The second kappa shape index (κ2) is 8.86. The normalized spacial score (nSPS) is 32.1. The molecule has 31 heavy (non-hydrogen) atoms. The van der Waals surface area contributed by atoms with E-state index in [9.17, 15) is 9.59 Å². The lowest BCUT2D eigenvalue weighted by molar-refractivity contribution is -0.123. The van der Waals surface area contributed by atoms with Gasteiger partial charge < -0.3 is 20.7 Å². The van der Waals surface area contributed by atoms with Crippen molar-refractivity contribution < 1.29 is 14.3 Å². The van der Waals surface area contributed by atoms with Gasteiger partial charge in [0.2, 0.25) is 11.8 Å². The van der Waals surface area contributed by atoms with Crippen LogP contribution in [0.5, 0.6) is 0 Å². The van der Waals surface area contributed by atoms with Crippen molar-refractivity contribution in [3.8, 4) is 0 Å². The van der Waals surface area contributed by atoms with Gasteiger partial charge in [-0.1, -0.05) is 18.2 Å². The number of amides is 2. The number of nitrogens with two attached hydrogens (primary N) is 1. The zero-order chi connectivity index (χ0) is 22.2. The number of anilines is 1. The number of ether oxygens (including phenoxy) is 1. The highest BCUT2D eigenvalue weighted by Gasteiger charge is 2.45. The highest BCUT2D eigenvalue weighted by atomic mass is 16.5. The van der Waals surface area contributed by atoms with Crippen molar-refractivity contribution in [1.82, 2.24) is 15.1 Å². The van der Waals surface area contributed by atoms with Crippen LogP contribution in [0.1, 0.15) is 26.3 Å². The fourth-order valence-corrected chi connectivity index (χ4v) is 5.06. The van der Waals surface area contributed by atoms with E-state index < -0.39 is 11.3 Å². The molecule has 1 aromatic carbocycles. The molecule has 0 bridgehead atoms. The van der Waals surface area contributed by atoms with E-state index >= 15 is 0 Å². The lowest BCUT2D eigenvalue weighted by Gasteiger charge is -2.43. The molecular formula is C23H35N5O3. The predicted octanol–water partition coefficient (Wildman–Crippen LogP) is 0.159. The number of para-hydroxylation sites is 1. The summed E-state index contributed by atoms with van der Waals surface area (Å²) in [5, 5.41) is 3.57. The Morgan fingerprint density at radius 2 is 2.03 bits per heavy atom. The third-order valence-electron chi connectivity index (χ3n) is 7.12. The Morgan fingerprint density at radius 1 is 1.26 bits per heavy atom. The number of carbonyl (C=O) groups is 2. The molecule has 0 aliphatic carbocycles. The molecule has 0 radical (unpaired) electrons. The van der Waals surface area contributed by atoms with Gasteiger partial charge in [-0.15, -0.1) is 0 Å². The van der Waals surface area contributed by atoms with Crippen molar-refractivity contribution in [3.05, 3.63) is 29.8 Å². The zero-order valence-electron chi connectivity index (χ0n) is 18.8. The number of morpholine rings is 1. The molecule has 170 valence electrons. The molecule has 4 rings (SSSR count). The monoisotopic (exact) mass is 429 g/mol. The molecule has 8 heteroatoms. The average molecular weight is 430 g/mol. The molecule has 1 unspecified atom stereocenters. The highest BCUT2D eigenvalue weighted by Crippen LogP contribution is 2.40. The van der Waals surface area contributed by atoms with Crippen molar-refractivity contribution >= 4 is 17.5 Å². The van der Waals surface area contributed by atoms with E-state index in [2.05, 4.69) is 29.0 Å². The lowest BCUT2D eigenvalue weighted by Crippen LogP contribution is -2.62. The largest absolute Gasteiger partial charge is 0.379 e. The molecule has 0 saturated carbocycles. The minimum atomic E-state index is -0.856. The number of hydrogen-bond donors (Lipinski definition) is 2. The van der Waals surface area contributed by atoms with Gasteiger partial charge in [-0.25, -0.2) is 0 Å². The van der Waals surface area contributed by atoms with E-state index in [1.165, 1.54) is 0 Å². The van der Waals surface area contributed by atoms with Crippen LogP contribution in [0.25, 0.3) is 0 Å². The minimum Gasteiger partial charge on any atom is -0.379 e. The number of benzene rings is 1. The molecule has 3 heterocycles. The summed E-state index contributed by atoms with van der Waals surface area (Å²) in [7, 11) is 0. The van der Waals surface area contributed by atoms with Crippen molar-refractivity contribution in [3.63, 3.8) is 0 Å². The van der Waals surface area contributed by atoms with Crippen LogP contribution in [0.15, 0.2) is 24.3 Å². The molecular weight excluding hydrogens is 394 g/mol. The van der Waals surface area contributed by atoms with Crippen LogP contribution >= 0.6 is 0 Å².